The summed E-state index contributed by atoms with van der Waals surface area (Å²) < 4.78 is 1.89. The van der Waals surface area contributed by atoms with E-state index in [2.05, 4.69) is 10.3 Å². The van der Waals surface area contributed by atoms with E-state index in [1.165, 1.54) is 0 Å². The predicted molar refractivity (Wildman–Crippen MR) is 97.6 cm³/mol. The summed E-state index contributed by atoms with van der Waals surface area (Å²) in [6.45, 7) is 2.02. The van der Waals surface area contributed by atoms with Crippen LogP contribution in [0.15, 0.2) is 73.1 Å². The summed E-state index contributed by atoms with van der Waals surface area (Å²) in [5.41, 5.74) is 3.94. The van der Waals surface area contributed by atoms with Crippen molar-refractivity contribution in [3.63, 3.8) is 0 Å². The molecule has 5 heteroatoms. The number of carbonyl (C=O) groups is 1. The van der Waals surface area contributed by atoms with Crippen LogP contribution in [0, 0.1) is 6.92 Å². The van der Waals surface area contributed by atoms with E-state index in [1.807, 2.05) is 60.0 Å². The fourth-order valence-electron chi connectivity index (χ4n) is 2.73. The van der Waals surface area contributed by atoms with Crippen LogP contribution in [0.1, 0.15) is 16.1 Å². The van der Waals surface area contributed by atoms with Gasteiger partial charge in [-0.15, -0.1) is 0 Å². The van der Waals surface area contributed by atoms with Crippen molar-refractivity contribution >= 4 is 17.4 Å². The lowest BCUT2D eigenvalue weighted by atomic mass is 10.1. The highest BCUT2D eigenvalue weighted by atomic mass is 16.2. The van der Waals surface area contributed by atoms with E-state index in [0.29, 0.717) is 11.5 Å². The second-order valence-electron chi connectivity index (χ2n) is 5.78. The van der Waals surface area contributed by atoms with E-state index in [-0.39, 0.29) is 5.91 Å². The van der Waals surface area contributed by atoms with Gasteiger partial charge in [-0.25, -0.2) is 4.98 Å². The molecule has 0 bridgehead atoms. The Morgan fingerprint density at radius 2 is 1.84 bits per heavy atom. The first kappa shape index (κ1) is 15.1. The molecule has 0 unspecified atom stereocenters. The van der Waals surface area contributed by atoms with E-state index < -0.39 is 0 Å². The number of nitrogens with one attached hydrogen (secondary N) is 1. The van der Waals surface area contributed by atoms with Crippen LogP contribution >= 0.6 is 0 Å². The van der Waals surface area contributed by atoms with Crippen LogP contribution in [-0.2, 0) is 0 Å². The number of pyridine rings is 2. The molecule has 1 amide bonds. The Bertz CT molecular complexity index is 1040. The molecule has 0 atom stereocenters. The molecule has 25 heavy (non-hydrogen) atoms. The van der Waals surface area contributed by atoms with Gasteiger partial charge in [-0.1, -0.05) is 36.4 Å². The first-order valence-corrected chi connectivity index (χ1v) is 7.99. The molecule has 3 heterocycles. The minimum atomic E-state index is -0.264. The van der Waals surface area contributed by atoms with Crippen molar-refractivity contribution in [2.75, 3.05) is 5.32 Å². The van der Waals surface area contributed by atoms with Gasteiger partial charge in [-0.2, -0.15) is 0 Å². The molecule has 4 rings (SSSR count). The summed E-state index contributed by atoms with van der Waals surface area (Å²) in [7, 11) is 0. The first-order valence-electron chi connectivity index (χ1n) is 7.99. The number of aryl methyl sites for hydroxylation is 1. The quantitative estimate of drug-likeness (QED) is 0.619. The van der Waals surface area contributed by atoms with E-state index in [0.717, 1.165) is 22.5 Å². The summed E-state index contributed by atoms with van der Waals surface area (Å²) in [6, 6.07) is 19.0. The fourth-order valence-corrected chi connectivity index (χ4v) is 2.73. The Balaban J connectivity index is 1.85. The van der Waals surface area contributed by atoms with Crippen LogP contribution in [0.4, 0.5) is 5.82 Å². The van der Waals surface area contributed by atoms with Gasteiger partial charge in [0.25, 0.3) is 5.91 Å². The Hall–Kier alpha value is -3.47. The third-order valence-corrected chi connectivity index (χ3v) is 3.96. The lowest BCUT2D eigenvalue weighted by molar-refractivity contribution is 0.102. The smallest absolute Gasteiger partial charge is 0.275 e. The van der Waals surface area contributed by atoms with Crippen molar-refractivity contribution in [3.05, 3.63) is 84.3 Å². The highest BCUT2D eigenvalue weighted by molar-refractivity contribution is 6.04. The number of amides is 1. The van der Waals surface area contributed by atoms with Gasteiger partial charge in [-0.05, 0) is 36.8 Å². The lowest BCUT2D eigenvalue weighted by Crippen LogP contribution is -2.15. The molecule has 5 nitrogen and oxygen atoms in total. The molecule has 0 saturated carbocycles. The third kappa shape index (κ3) is 2.87. The maximum absolute atomic E-state index is 12.6. The van der Waals surface area contributed by atoms with Crippen molar-refractivity contribution in [3.8, 4) is 11.3 Å². The highest BCUT2D eigenvalue weighted by Gasteiger charge is 2.17. The summed E-state index contributed by atoms with van der Waals surface area (Å²) in [5.74, 6) is 0.372. The van der Waals surface area contributed by atoms with Gasteiger partial charge in [0, 0.05) is 18.0 Å². The van der Waals surface area contributed by atoms with E-state index in [4.69, 9.17) is 4.98 Å². The second-order valence-corrected chi connectivity index (χ2v) is 5.78. The molecule has 0 fully saturated rings. The Morgan fingerprint density at radius 3 is 2.60 bits per heavy atom. The molecule has 0 aliphatic heterocycles. The number of hydrogen-bond donors (Lipinski definition) is 1. The fraction of sp³-hybridized carbons (Fsp3) is 0.0500. The normalized spacial score (nSPS) is 10.8. The third-order valence-electron chi connectivity index (χ3n) is 3.96. The monoisotopic (exact) mass is 328 g/mol. The number of anilines is 1. The van der Waals surface area contributed by atoms with Crippen LogP contribution in [0.5, 0.6) is 0 Å². The van der Waals surface area contributed by atoms with Gasteiger partial charge < -0.3 is 5.32 Å². The molecule has 122 valence electrons. The number of nitrogens with zero attached hydrogens (tertiary/aromatic N) is 3. The van der Waals surface area contributed by atoms with Crippen molar-refractivity contribution < 1.29 is 4.79 Å². The maximum Gasteiger partial charge on any atom is 0.275 e. The zero-order valence-corrected chi connectivity index (χ0v) is 13.7. The molecule has 0 aliphatic carbocycles. The van der Waals surface area contributed by atoms with Crippen LogP contribution in [0.3, 0.4) is 0 Å². The van der Waals surface area contributed by atoms with E-state index in [9.17, 15) is 4.79 Å². The number of benzene rings is 1. The summed E-state index contributed by atoms with van der Waals surface area (Å²) in [6.07, 6.45) is 3.52. The summed E-state index contributed by atoms with van der Waals surface area (Å²) >= 11 is 0. The van der Waals surface area contributed by atoms with E-state index in [1.54, 1.807) is 24.4 Å². The molecular formula is C20H16N4O. The van der Waals surface area contributed by atoms with Crippen molar-refractivity contribution in [2.24, 2.45) is 0 Å². The van der Waals surface area contributed by atoms with Gasteiger partial charge >= 0.3 is 0 Å². The zero-order chi connectivity index (χ0) is 17.2. The largest absolute Gasteiger partial charge is 0.304 e. The minimum absolute atomic E-state index is 0.264. The second kappa shape index (κ2) is 6.20. The molecule has 0 saturated heterocycles. The number of carbonyl (C=O) groups excluding carboxylic acids is 1. The molecule has 1 aromatic carbocycles. The van der Waals surface area contributed by atoms with Crippen molar-refractivity contribution in [1.29, 1.82) is 0 Å². The van der Waals surface area contributed by atoms with Gasteiger partial charge in [-0.3, -0.25) is 14.2 Å². The summed E-state index contributed by atoms with van der Waals surface area (Å²) in [4.78, 5) is 21.4. The van der Waals surface area contributed by atoms with Gasteiger partial charge in [0.2, 0.25) is 0 Å². The van der Waals surface area contributed by atoms with Crippen LogP contribution in [0.25, 0.3) is 16.9 Å². The Morgan fingerprint density at radius 1 is 1.04 bits per heavy atom. The minimum Gasteiger partial charge on any atom is -0.304 e. The molecule has 4 aromatic rings. The lowest BCUT2D eigenvalue weighted by Gasteiger charge is -2.07. The van der Waals surface area contributed by atoms with Gasteiger partial charge in [0.1, 0.15) is 22.9 Å². The van der Waals surface area contributed by atoms with Crippen molar-refractivity contribution in [1.82, 2.24) is 14.4 Å². The molecule has 1 N–H and O–H groups in total. The molecule has 0 aliphatic rings. The van der Waals surface area contributed by atoms with Crippen LogP contribution in [0.2, 0.25) is 0 Å². The highest BCUT2D eigenvalue weighted by Crippen LogP contribution is 2.29. The molecule has 0 spiro atoms. The standard InChI is InChI=1S/C20H16N4O/c1-14-10-12-24-17(13-14)22-18(15-7-3-2-4-8-15)19(24)23-20(25)16-9-5-6-11-21-16/h2-13H,1H3,(H,23,25). The molecular weight excluding hydrogens is 312 g/mol. The average molecular weight is 328 g/mol. The average Bonchev–Trinajstić information content (AvgIpc) is 3.00. The Kier molecular flexibility index (Phi) is 3.74. The number of fused-ring (bicyclic) bond motifs is 1. The van der Waals surface area contributed by atoms with Crippen molar-refractivity contribution in [2.45, 2.75) is 6.92 Å². The van der Waals surface area contributed by atoms with Crippen LogP contribution in [-0.4, -0.2) is 20.3 Å². The summed E-state index contributed by atoms with van der Waals surface area (Å²) in [5, 5.41) is 2.97. The van der Waals surface area contributed by atoms with Crippen LogP contribution < -0.4 is 5.32 Å². The number of hydrogen-bond acceptors (Lipinski definition) is 3. The topological polar surface area (TPSA) is 59.3 Å². The maximum atomic E-state index is 12.6. The number of imidazole rings is 1. The first-order chi connectivity index (χ1) is 12.2. The molecule has 3 aromatic heterocycles. The number of aromatic nitrogens is 3. The Labute approximate surface area is 145 Å². The van der Waals surface area contributed by atoms with Gasteiger partial charge in [0.05, 0.1) is 0 Å². The molecule has 0 radical (unpaired) electrons. The number of rotatable bonds is 3. The predicted octanol–water partition coefficient (Wildman–Crippen LogP) is 3.96. The van der Waals surface area contributed by atoms with Gasteiger partial charge in [0.15, 0.2) is 0 Å². The zero-order valence-electron chi connectivity index (χ0n) is 13.7. The SMILES string of the molecule is Cc1ccn2c(NC(=O)c3ccccn3)c(-c3ccccc3)nc2c1. The van der Waals surface area contributed by atoms with E-state index >= 15 is 0 Å².